The van der Waals surface area contributed by atoms with Crippen LogP contribution in [0.1, 0.15) is 35.0 Å². The zero-order valence-electron chi connectivity index (χ0n) is 11.4. The standard InChI is InChI=1S/C13H14F2N4O2/c1-6-5-17-13(21-6)7(2)18-12(20)8-3-9(14)11(19-16)10(15)4-8/h3-5,7,19H,16H2,1-2H3,(H,18,20). The number of nitrogens with zero attached hydrogens (tertiary/aromatic N) is 1. The zero-order chi connectivity index (χ0) is 15.6. The fraction of sp³-hybridized carbons (Fsp3) is 0.231. The minimum absolute atomic E-state index is 0.167. The van der Waals surface area contributed by atoms with Crippen LogP contribution in [0.4, 0.5) is 14.5 Å². The van der Waals surface area contributed by atoms with Gasteiger partial charge in [0.15, 0.2) is 11.6 Å². The molecule has 2 rings (SSSR count). The number of halogens is 2. The average molecular weight is 296 g/mol. The predicted molar refractivity (Wildman–Crippen MR) is 71.3 cm³/mol. The number of rotatable bonds is 4. The van der Waals surface area contributed by atoms with E-state index >= 15 is 0 Å². The highest BCUT2D eigenvalue weighted by Crippen LogP contribution is 2.20. The van der Waals surface area contributed by atoms with Crippen molar-refractivity contribution in [2.75, 3.05) is 5.43 Å². The number of hydrazine groups is 1. The van der Waals surface area contributed by atoms with Crippen LogP contribution in [0.15, 0.2) is 22.7 Å². The number of oxazole rings is 1. The molecule has 2 aromatic rings. The summed E-state index contributed by atoms with van der Waals surface area (Å²) in [7, 11) is 0. The van der Waals surface area contributed by atoms with E-state index in [4.69, 9.17) is 10.3 Å². The topological polar surface area (TPSA) is 93.2 Å². The quantitative estimate of drug-likeness (QED) is 0.593. The van der Waals surface area contributed by atoms with Crippen LogP contribution in [-0.4, -0.2) is 10.9 Å². The summed E-state index contributed by atoms with van der Waals surface area (Å²) >= 11 is 0. The number of hydrogen-bond donors (Lipinski definition) is 3. The first kappa shape index (κ1) is 14.9. The van der Waals surface area contributed by atoms with E-state index in [0.29, 0.717) is 11.7 Å². The van der Waals surface area contributed by atoms with E-state index in [1.807, 2.05) is 5.43 Å². The summed E-state index contributed by atoms with van der Waals surface area (Å²) in [5.41, 5.74) is 1.23. The Morgan fingerprint density at radius 3 is 2.48 bits per heavy atom. The van der Waals surface area contributed by atoms with E-state index in [1.165, 1.54) is 6.20 Å². The van der Waals surface area contributed by atoms with Crippen molar-refractivity contribution in [1.29, 1.82) is 0 Å². The first-order chi connectivity index (χ1) is 9.92. The Balaban J connectivity index is 2.17. The maximum absolute atomic E-state index is 13.5. The Hall–Kier alpha value is -2.48. The van der Waals surface area contributed by atoms with Crippen LogP contribution in [0.5, 0.6) is 0 Å². The van der Waals surface area contributed by atoms with Gasteiger partial charge < -0.3 is 15.2 Å². The minimum Gasteiger partial charge on any atom is -0.444 e. The molecule has 1 aromatic heterocycles. The Bertz CT molecular complexity index is 649. The lowest BCUT2D eigenvalue weighted by molar-refractivity contribution is 0.0933. The van der Waals surface area contributed by atoms with Gasteiger partial charge in [-0.15, -0.1) is 0 Å². The monoisotopic (exact) mass is 296 g/mol. The van der Waals surface area contributed by atoms with Crippen molar-refractivity contribution in [2.45, 2.75) is 19.9 Å². The van der Waals surface area contributed by atoms with Crippen molar-refractivity contribution in [3.8, 4) is 0 Å². The number of benzene rings is 1. The second-order valence-electron chi connectivity index (χ2n) is 4.46. The average Bonchev–Trinajstić information content (AvgIpc) is 2.85. The summed E-state index contributed by atoms with van der Waals surface area (Å²) in [5, 5.41) is 2.54. The highest BCUT2D eigenvalue weighted by Gasteiger charge is 2.18. The van der Waals surface area contributed by atoms with Gasteiger partial charge in [-0.05, 0) is 26.0 Å². The molecule has 1 amide bonds. The maximum atomic E-state index is 13.5. The van der Waals surface area contributed by atoms with Gasteiger partial charge in [-0.2, -0.15) is 0 Å². The van der Waals surface area contributed by atoms with Gasteiger partial charge in [0.25, 0.3) is 5.91 Å². The van der Waals surface area contributed by atoms with Gasteiger partial charge in [0.2, 0.25) is 5.89 Å². The summed E-state index contributed by atoms with van der Waals surface area (Å²) in [4.78, 5) is 15.9. The summed E-state index contributed by atoms with van der Waals surface area (Å²) in [6.07, 6.45) is 1.51. The van der Waals surface area contributed by atoms with Gasteiger partial charge in [0, 0.05) is 5.56 Å². The smallest absolute Gasteiger partial charge is 0.252 e. The number of anilines is 1. The molecule has 6 nitrogen and oxygen atoms in total. The number of carbonyl (C=O) groups excluding carboxylic acids is 1. The number of nitrogens with two attached hydrogens (primary N) is 1. The highest BCUT2D eigenvalue weighted by molar-refractivity contribution is 5.94. The summed E-state index contributed by atoms with van der Waals surface area (Å²) in [6.45, 7) is 3.36. The number of hydrogen-bond acceptors (Lipinski definition) is 5. The second kappa shape index (κ2) is 5.88. The van der Waals surface area contributed by atoms with Crippen LogP contribution < -0.4 is 16.6 Å². The lowest BCUT2D eigenvalue weighted by atomic mass is 10.1. The van der Waals surface area contributed by atoms with E-state index in [0.717, 1.165) is 12.1 Å². The van der Waals surface area contributed by atoms with Gasteiger partial charge >= 0.3 is 0 Å². The van der Waals surface area contributed by atoms with Gasteiger partial charge in [0.1, 0.15) is 17.5 Å². The molecular weight excluding hydrogens is 282 g/mol. The minimum atomic E-state index is -0.956. The van der Waals surface area contributed by atoms with Crippen molar-refractivity contribution in [3.05, 3.63) is 47.2 Å². The zero-order valence-corrected chi connectivity index (χ0v) is 11.4. The number of nitrogen functional groups attached to an aromatic ring is 1. The maximum Gasteiger partial charge on any atom is 0.252 e. The third-order valence-corrected chi connectivity index (χ3v) is 2.81. The van der Waals surface area contributed by atoms with E-state index < -0.39 is 29.3 Å². The van der Waals surface area contributed by atoms with Gasteiger partial charge in [-0.1, -0.05) is 0 Å². The van der Waals surface area contributed by atoms with Crippen molar-refractivity contribution >= 4 is 11.6 Å². The molecule has 4 N–H and O–H groups in total. The number of carbonyl (C=O) groups is 1. The van der Waals surface area contributed by atoms with E-state index in [1.54, 1.807) is 13.8 Å². The van der Waals surface area contributed by atoms with Crippen LogP contribution in [0.25, 0.3) is 0 Å². The van der Waals surface area contributed by atoms with Crippen LogP contribution in [0.3, 0.4) is 0 Å². The Kier molecular flexibility index (Phi) is 4.18. The van der Waals surface area contributed by atoms with Gasteiger partial charge in [-0.25, -0.2) is 13.8 Å². The van der Waals surface area contributed by atoms with Crippen LogP contribution in [0.2, 0.25) is 0 Å². The first-order valence-corrected chi connectivity index (χ1v) is 6.11. The summed E-state index contributed by atoms with van der Waals surface area (Å²) in [5.74, 6) is 3.33. The third kappa shape index (κ3) is 3.16. The second-order valence-corrected chi connectivity index (χ2v) is 4.46. The fourth-order valence-electron chi connectivity index (χ4n) is 1.76. The van der Waals surface area contributed by atoms with E-state index in [-0.39, 0.29) is 5.56 Å². The Morgan fingerprint density at radius 2 is 2.00 bits per heavy atom. The van der Waals surface area contributed by atoms with Gasteiger partial charge in [-0.3, -0.25) is 10.6 Å². The van der Waals surface area contributed by atoms with Crippen LogP contribution in [0, 0.1) is 18.6 Å². The van der Waals surface area contributed by atoms with Crippen molar-refractivity contribution in [3.63, 3.8) is 0 Å². The molecule has 0 bridgehead atoms. The summed E-state index contributed by atoms with van der Waals surface area (Å²) < 4.78 is 32.3. The molecule has 8 heteroatoms. The largest absolute Gasteiger partial charge is 0.444 e. The molecule has 1 aromatic carbocycles. The van der Waals surface area contributed by atoms with Crippen molar-refractivity contribution in [2.24, 2.45) is 5.84 Å². The van der Waals surface area contributed by atoms with E-state index in [9.17, 15) is 13.6 Å². The molecule has 1 unspecified atom stereocenters. The predicted octanol–water partition coefficient (Wildman–Crippen LogP) is 2.04. The lowest BCUT2D eigenvalue weighted by Crippen LogP contribution is -2.27. The number of aryl methyl sites for hydroxylation is 1. The lowest BCUT2D eigenvalue weighted by Gasteiger charge is -2.11. The van der Waals surface area contributed by atoms with Crippen LogP contribution in [-0.2, 0) is 0 Å². The Morgan fingerprint density at radius 1 is 1.38 bits per heavy atom. The molecule has 0 spiro atoms. The normalized spacial score (nSPS) is 12.0. The number of aromatic nitrogens is 1. The first-order valence-electron chi connectivity index (χ1n) is 6.11. The van der Waals surface area contributed by atoms with Crippen molar-refractivity contribution in [1.82, 2.24) is 10.3 Å². The van der Waals surface area contributed by atoms with Gasteiger partial charge in [0.05, 0.1) is 6.20 Å². The molecule has 0 saturated heterocycles. The third-order valence-electron chi connectivity index (χ3n) is 2.81. The SMILES string of the molecule is Cc1cnc(C(C)NC(=O)c2cc(F)c(NN)c(F)c2)o1. The molecule has 0 aliphatic rings. The van der Waals surface area contributed by atoms with Crippen molar-refractivity contribution < 1.29 is 18.0 Å². The molecule has 1 heterocycles. The summed E-state index contributed by atoms with van der Waals surface area (Å²) in [6, 6.07) is 1.24. The molecule has 0 radical (unpaired) electrons. The van der Waals surface area contributed by atoms with Crippen LogP contribution >= 0.6 is 0 Å². The van der Waals surface area contributed by atoms with E-state index in [2.05, 4.69) is 10.3 Å². The number of amides is 1. The molecular formula is C13H14F2N4O2. The highest BCUT2D eigenvalue weighted by atomic mass is 19.1. The molecule has 0 aliphatic heterocycles. The molecule has 112 valence electrons. The molecule has 0 aliphatic carbocycles. The molecule has 0 saturated carbocycles. The number of nitrogens with one attached hydrogen (secondary N) is 2. The Labute approximate surface area is 119 Å². The molecule has 1 atom stereocenters. The molecule has 0 fully saturated rings. The molecule has 21 heavy (non-hydrogen) atoms. The fourth-order valence-corrected chi connectivity index (χ4v) is 1.76.